The second kappa shape index (κ2) is 9.22. The molecule has 0 saturated heterocycles. The van der Waals surface area contributed by atoms with Gasteiger partial charge in [-0.1, -0.05) is 23.7 Å². The van der Waals surface area contributed by atoms with Gasteiger partial charge in [-0.25, -0.2) is 4.79 Å². The van der Waals surface area contributed by atoms with Crippen LogP contribution in [0.5, 0.6) is 0 Å². The summed E-state index contributed by atoms with van der Waals surface area (Å²) < 4.78 is 4.88. The molecule has 0 bridgehead atoms. The molecule has 0 aliphatic heterocycles. The summed E-state index contributed by atoms with van der Waals surface area (Å²) in [4.78, 5) is 36.5. The first-order valence-electron chi connectivity index (χ1n) is 7.72. The Labute approximate surface area is 152 Å². The number of rotatable bonds is 6. The zero-order valence-electron chi connectivity index (χ0n) is 14.8. The molecule has 0 aliphatic carbocycles. The Morgan fingerprint density at radius 1 is 1.28 bits per heavy atom. The smallest absolute Gasteiger partial charge is 0.331 e. The van der Waals surface area contributed by atoms with E-state index < -0.39 is 18.5 Å². The zero-order valence-corrected chi connectivity index (χ0v) is 15.6. The van der Waals surface area contributed by atoms with E-state index in [2.05, 4.69) is 5.32 Å². The number of hydrogen-bond donors (Lipinski definition) is 1. The van der Waals surface area contributed by atoms with Crippen molar-refractivity contribution < 1.29 is 19.1 Å². The second-order valence-corrected chi connectivity index (χ2v) is 6.98. The first kappa shape index (κ1) is 20.7. The third kappa shape index (κ3) is 8.91. The molecule has 2 amide bonds. The topological polar surface area (TPSA) is 75.7 Å². The molecule has 0 aromatic heterocycles. The molecule has 0 saturated carbocycles. The highest BCUT2D eigenvalue weighted by Crippen LogP contribution is 2.11. The highest BCUT2D eigenvalue weighted by atomic mass is 35.5. The Morgan fingerprint density at radius 3 is 2.56 bits per heavy atom. The van der Waals surface area contributed by atoms with Gasteiger partial charge in [0.2, 0.25) is 5.91 Å². The largest absolute Gasteiger partial charge is 0.452 e. The lowest BCUT2D eigenvalue weighted by molar-refractivity contribution is -0.148. The lowest BCUT2D eigenvalue weighted by Gasteiger charge is -2.23. The van der Waals surface area contributed by atoms with Crippen LogP contribution in [-0.2, 0) is 19.1 Å². The van der Waals surface area contributed by atoms with E-state index in [9.17, 15) is 14.4 Å². The minimum Gasteiger partial charge on any atom is -0.452 e. The van der Waals surface area contributed by atoms with Crippen LogP contribution in [0.2, 0.25) is 5.02 Å². The van der Waals surface area contributed by atoms with E-state index >= 15 is 0 Å². The summed E-state index contributed by atoms with van der Waals surface area (Å²) >= 11 is 5.85. The van der Waals surface area contributed by atoms with Gasteiger partial charge in [-0.3, -0.25) is 9.59 Å². The van der Waals surface area contributed by atoms with Gasteiger partial charge in [0.05, 0.1) is 6.54 Å². The Kier molecular flexibility index (Phi) is 7.64. The Morgan fingerprint density at radius 2 is 1.96 bits per heavy atom. The van der Waals surface area contributed by atoms with Crippen molar-refractivity contribution in [2.24, 2.45) is 0 Å². The van der Waals surface area contributed by atoms with Gasteiger partial charge >= 0.3 is 5.97 Å². The summed E-state index contributed by atoms with van der Waals surface area (Å²) in [6.07, 6.45) is 2.75. The van der Waals surface area contributed by atoms with Crippen LogP contribution < -0.4 is 5.32 Å². The summed E-state index contributed by atoms with van der Waals surface area (Å²) in [5, 5.41) is 3.31. The third-order valence-electron chi connectivity index (χ3n) is 2.92. The monoisotopic (exact) mass is 366 g/mol. The Balaban J connectivity index is 2.42. The summed E-state index contributed by atoms with van der Waals surface area (Å²) in [6, 6.07) is 6.95. The number of hydrogen-bond acceptors (Lipinski definition) is 4. The van der Waals surface area contributed by atoms with Gasteiger partial charge in [-0.15, -0.1) is 0 Å². The predicted molar refractivity (Wildman–Crippen MR) is 97.0 cm³/mol. The minimum atomic E-state index is -0.652. The highest BCUT2D eigenvalue weighted by Gasteiger charge is 2.18. The third-order valence-corrected chi connectivity index (χ3v) is 3.15. The molecular formula is C18H23ClN2O4. The van der Waals surface area contributed by atoms with Gasteiger partial charge in [0.25, 0.3) is 5.91 Å². The van der Waals surface area contributed by atoms with Crippen LogP contribution in [0.1, 0.15) is 26.3 Å². The summed E-state index contributed by atoms with van der Waals surface area (Å²) in [7, 11) is 1.47. The van der Waals surface area contributed by atoms with Crippen LogP contribution in [0.4, 0.5) is 0 Å². The summed E-state index contributed by atoms with van der Waals surface area (Å²) in [6.45, 7) is 5.01. The normalized spacial score (nSPS) is 11.2. The molecule has 0 unspecified atom stereocenters. The molecule has 25 heavy (non-hydrogen) atoms. The minimum absolute atomic E-state index is 0.105. The molecule has 0 radical (unpaired) electrons. The molecule has 0 heterocycles. The van der Waals surface area contributed by atoms with Crippen molar-refractivity contribution in [3.05, 3.63) is 40.9 Å². The maximum atomic E-state index is 11.9. The predicted octanol–water partition coefficient (Wildman–Crippen LogP) is 2.27. The van der Waals surface area contributed by atoms with Crippen molar-refractivity contribution in [1.82, 2.24) is 10.2 Å². The van der Waals surface area contributed by atoms with Gasteiger partial charge in [0.15, 0.2) is 6.61 Å². The quantitative estimate of drug-likeness (QED) is 0.619. The molecule has 7 heteroatoms. The van der Waals surface area contributed by atoms with Crippen LogP contribution in [0, 0.1) is 0 Å². The van der Waals surface area contributed by atoms with Crippen molar-refractivity contribution >= 4 is 35.5 Å². The molecule has 1 aromatic carbocycles. The fourth-order valence-corrected chi connectivity index (χ4v) is 2.03. The maximum Gasteiger partial charge on any atom is 0.331 e. The molecule has 0 atom stereocenters. The first-order valence-corrected chi connectivity index (χ1v) is 8.10. The van der Waals surface area contributed by atoms with Gasteiger partial charge in [0, 0.05) is 23.7 Å². The number of carbonyl (C=O) groups excluding carboxylic acids is 3. The zero-order chi connectivity index (χ0) is 19.0. The van der Waals surface area contributed by atoms with E-state index in [1.807, 2.05) is 20.8 Å². The van der Waals surface area contributed by atoms with Gasteiger partial charge in [-0.05, 0) is 44.5 Å². The van der Waals surface area contributed by atoms with Crippen LogP contribution in [0.15, 0.2) is 30.3 Å². The number of carbonyl (C=O) groups is 3. The molecule has 1 aromatic rings. The summed E-state index contributed by atoms with van der Waals surface area (Å²) in [5.41, 5.74) is 0.366. The molecule has 0 aliphatic rings. The van der Waals surface area contributed by atoms with Gasteiger partial charge in [0.1, 0.15) is 0 Å². The molecule has 0 fully saturated rings. The van der Waals surface area contributed by atoms with Gasteiger partial charge in [-0.2, -0.15) is 0 Å². The number of nitrogens with one attached hydrogen (secondary N) is 1. The maximum absolute atomic E-state index is 11.9. The number of nitrogens with zero attached hydrogens (tertiary/aromatic N) is 1. The number of likely N-dealkylation sites (N-methyl/N-ethyl adjacent to an activating group) is 1. The van der Waals surface area contributed by atoms with Crippen molar-refractivity contribution in [3.8, 4) is 0 Å². The Hall–Kier alpha value is -2.34. The lowest BCUT2D eigenvalue weighted by Crippen LogP contribution is -2.46. The van der Waals surface area contributed by atoms with Gasteiger partial charge < -0.3 is 15.0 Å². The van der Waals surface area contributed by atoms with E-state index in [-0.39, 0.29) is 18.0 Å². The standard InChI is InChI=1S/C18H23ClN2O4/c1-18(2,3)20-15(22)11-21(4)16(23)12-25-17(24)9-8-13-6-5-7-14(19)10-13/h5-10H,11-12H2,1-4H3,(H,20,22)/b9-8+. The first-order chi connectivity index (χ1) is 11.6. The molecule has 1 N–H and O–H groups in total. The average Bonchev–Trinajstić information content (AvgIpc) is 2.48. The number of esters is 1. The van der Waals surface area contributed by atoms with E-state index in [1.54, 1.807) is 30.3 Å². The SMILES string of the molecule is CN(CC(=O)NC(C)(C)C)C(=O)COC(=O)/C=C/c1cccc(Cl)c1. The van der Waals surface area contributed by atoms with Crippen molar-refractivity contribution in [1.29, 1.82) is 0 Å². The van der Waals surface area contributed by atoms with Crippen molar-refractivity contribution in [2.45, 2.75) is 26.3 Å². The molecule has 1 rings (SSSR count). The number of benzene rings is 1. The van der Waals surface area contributed by atoms with Crippen LogP contribution in [0.25, 0.3) is 6.08 Å². The Bertz CT molecular complexity index is 665. The lowest BCUT2D eigenvalue weighted by atomic mass is 10.1. The molecular weight excluding hydrogens is 344 g/mol. The van der Waals surface area contributed by atoms with Crippen LogP contribution >= 0.6 is 11.6 Å². The molecule has 136 valence electrons. The number of amides is 2. The number of halogens is 1. The summed E-state index contributed by atoms with van der Waals surface area (Å²) in [5.74, 6) is -1.40. The fraction of sp³-hybridized carbons (Fsp3) is 0.389. The van der Waals surface area contributed by atoms with Crippen LogP contribution in [-0.4, -0.2) is 48.4 Å². The highest BCUT2D eigenvalue weighted by molar-refractivity contribution is 6.30. The molecule has 6 nitrogen and oxygen atoms in total. The molecule has 0 spiro atoms. The van der Waals surface area contributed by atoms with Crippen molar-refractivity contribution in [2.75, 3.05) is 20.2 Å². The second-order valence-electron chi connectivity index (χ2n) is 6.54. The number of ether oxygens (including phenoxy) is 1. The van der Waals surface area contributed by atoms with E-state index in [0.717, 1.165) is 5.56 Å². The van der Waals surface area contributed by atoms with E-state index in [1.165, 1.54) is 18.0 Å². The average molecular weight is 367 g/mol. The van der Waals surface area contributed by atoms with E-state index in [4.69, 9.17) is 16.3 Å². The van der Waals surface area contributed by atoms with E-state index in [0.29, 0.717) is 5.02 Å². The fourth-order valence-electron chi connectivity index (χ4n) is 1.83. The van der Waals surface area contributed by atoms with Crippen LogP contribution in [0.3, 0.4) is 0 Å². The van der Waals surface area contributed by atoms with Crippen molar-refractivity contribution in [3.63, 3.8) is 0 Å².